The largest absolute Gasteiger partial charge is 0.0961 e. The van der Waals surface area contributed by atoms with E-state index in [0.29, 0.717) is 11.8 Å². The van der Waals surface area contributed by atoms with Gasteiger partial charge in [-0.2, -0.15) is 0 Å². The monoisotopic (exact) mass is 901 g/mol. The molecular weight excluding hydrogens is 829 g/mol. The molecule has 7 aromatic rings. The SMILES string of the molecule is C=C(C)/C=C\C=C/Cc1cc(C(c2ccccc2)C(C)c2ccc(-c3ccc(C(C)(C)c4ccc(C)c(-c5ccccc5Cc5ccc(C)cc5)c4)cc3)cc2)ccc1C(CC)C1C=CC(C)=CC1. The van der Waals surface area contributed by atoms with Crippen LogP contribution in [0.25, 0.3) is 22.3 Å². The van der Waals surface area contributed by atoms with Gasteiger partial charge in [0, 0.05) is 11.3 Å². The minimum atomic E-state index is -0.185. The molecule has 0 spiro atoms. The van der Waals surface area contributed by atoms with Crippen LogP contribution >= 0.6 is 0 Å². The second kappa shape index (κ2) is 22.1. The van der Waals surface area contributed by atoms with Gasteiger partial charge in [0.05, 0.1) is 0 Å². The molecule has 0 heteroatoms. The van der Waals surface area contributed by atoms with Crippen molar-refractivity contribution in [3.8, 4) is 22.3 Å². The van der Waals surface area contributed by atoms with Gasteiger partial charge in [0.25, 0.3) is 0 Å². The average Bonchev–Trinajstić information content (AvgIpc) is 3.36. The van der Waals surface area contributed by atoms with E-state index in [1.807, 2.05) is 6.92 Å². The summed E-state index contributed by atoms with van der Waals surface area (Å²) in [7, 11) is 0. The summed E-state index contributed by atoms with van der Waals surface area (Å²) in [5.74, 6) is 1.42. The molecule has 0 heterocycles. The van der Waals surface area contributed by atoms with Gasteiger partial charge in [-0.05, 0) is 155 Å². The molecule has 0 saturated carbocycles. The lowest BCUT2D eigenvalue weighted by atomic mass is 9.74. The molecule has 1 aliphatic carbocycles. The lowest BCUT2D eigenvalue weighted by Crippen LogP contribution is -2.19. The van der Waals surface area contributed by atoms with Crippen molar-refractivity contribution in [1.29, 1.82) is 0 Å². The fraction of sp³-hybridized carbons (Fsp3) is 0.246. The van der Waals surface area contributed by atoms with Crippen molar-refractivity contribution < 1.29 is 0 Å². The first kappa shape index (κ1) is 48.7. The molecular formula is C69H72. The number of hydrogen-bond donors (Lipinski definition) is 0. The summed E-state index contributed by atoms with van der Waals surface area (Å²) in [5.41, 5.74) is 22.2. The van der Waals surface area contributed by atoms with E-state index >= 15 is 0 Å². The molecule has 348 valence electrons. The van der Waals surface area contributed by atoms with Gasteiger partial charge in [0.15, 0.2) is 0 Å². The number of aryl methyl sites for hydroxylation is 2. The Hall–Kier alpha value is -6.76. The summed E-state index contributed by atoms with van der Waals surface area (Å²) in [6, 6.07) is 62.2. The second-order valence-corrected chi connectivity index (χ2v) is 20.4. The Balaban J connectivity index is 1.05. The molecule has 0 aromatic heterocycles. The van der Waals surface area contributed by atoms with Gasteiger partial charge in [0.1, 0.15) is 0 Å². The van der Waals surface area contributed by atoms with Crippen LogP contribution in [0.15, 0.2) is 224 Å². The van der Waals surface area contributed by atoms with Gasteiger partial charge < -0.3 is 0 Å². The number of rotatable bonds is 17. The highest BCUT2D eigenvalue weighted by atomic mass is 14.3. The molecule has 1 aliphatic rings. The highest BCUT2D eigenvalue weighted by Crippen LogP contribution is 2.43. The first-order chi connectivity index (χ1) is 33.4. The van der Waals surface area contributed by atoms with Gasteiger partial charge in [-0.25, -0.2) is 0 Å². The third kappa shape index (κ3) is 11.6. The van der Waals surface area contributed by atoms with E-state index in [1.54, 1.807) is 0 Å². The van der Waals surface area contributed by atoms with Crippen LogP contribution in [0.4, 0.5) is 0 Å². The molecule has 69 heavy (non-hydrogen) atoms. The Labute approximate surface area is 415 Å². The molecule has 4 unspecified atom stereocenters. The van der Waals surface area contributed by atoms with Gasteiger partial charge in [-0.3, -0.25) is 0 Å². The Morgan fingerprint density at radius 1 is 0.667 bits per heavy atom. The second-order valence-electron chi connectivity index (χ2n) is 20.4. The van der Waals surface area contributed by atoms with Gasteiger partial charge >= 0.3 is 0 Å². The van der Waals surface area contributed by atoms with Crippen LogP contribution in [0, 0.1) is 19.8 Å². The summed E-state index contributed by atoms with van der Waals surface area (Å²) >= 11 is 0. The number of hydrogen-bond acceptors (Lipinski definition) is 0. The van der Waals surface area contributed by atoms with E-state index in [1.165, 1.54) is 89.0 Å². The molecule has 7 aromatic carbocycles. The van der Waals surface area contributed by atoms with Crippen LogP contribution in [0.1, 0.15) is 133 Å². The number of benzene rings is 7. The van der Waals surface area contributed by atoms with Crippen LogP contribution < -0.4 is 0 Å². The van der Waals surface area contributed by atoms with Crippen molar-refractivity contribution in [2.75, 3.05) is 0 Å². The van der Waals surface area contributed by atoms with Crippen LogP contribution in [0.2, 0.25) is 0 Å². The van der Waals surface area contributed by atoms with E-state index in [4.69, 9.17) is 0 Å². The van der Waals surface area contributed by atoms with E-state index in [9.17, 15) is 0 Å². The van der Waals surface area contributed by atoms with E-state index in [0.717, 1.165) is 31.3 Å². The zero-order chi connectivity index (χ0) is 48.5. The smallest absolute Gasteiger partial charge is 0.0155 e. The Bertz CT molecular complexity index is 2960. The summed E-state index contributed by atoms with van der Waals surface area (Å²) in [5, 5.41) is 0. The first-order valence-electron chi connectivity index (χ1n) is 25.4. The van der Waals surface area contributed by atoms with E-state index in [-0.39, 0.29) is 17.3 Å². The van der Waals surface area contributed by atoms with Crippen molar-refractivity contribution in [2.24, 2.45) is 5.92 Å². The quantitative estimate of drug-likeness (QED) is 0.0799. The Kier molecular flexibility index (Phi) is 15.6. The molecule has 8 rings (SSSR count). The molecule has 0 bridgehead atoms. The molecule has 0 amide bonds. The lowest BCUT2D eigenvalue weighted by molar-refractivity contribution is 0.490. The molecule has 0 aliphatic heterocycles. The Morgan fingerprint density at radius 3 is 2.01 bits per heavy atom. The minimum Gasteiger partial charge on any atom is -0.0961 e. The van der Waals surface area contributed by atoms with Gasteiger partial charge in [-0.15, -0.1) is 0 Å². The standard InChI is InChI=1S/C69H72/c1-10-64(57-32-27-50(5)28-33-57)66-44-40-61(46-60(66)22-16-11-13-19-48(2)3)68(58-20-14-12-15-21-58)52(7)54-34-36-55(37-35-54)56-38-42-62(43-39-56)69(8,9)63-41-29-51(6)67(47-63)65-24-18-17-23-59(65)45-53-30-25-49(4)26-31-53/h11-21,23-32,34-44,46-47,52,57,64,68H,2,10,22,33,45H2,1,3-9H3/b16-11-,19-13-. The summed E-state index contributed by atoms with van der Waals surface area (Å²) in [6.07, 6.45) is 19.9. The maximum absolute atomic E-state index is 4.05. The lowest BCUT2D eigenvalue weighted by Gasteiger charge is -2.30. The summed E-state index contributed by atoms with van der Waals surface area (Å²) in [4.78, 5) is 0. The minimum absolute atomic E-state index is 0.185. The Morgan fingerprint density at radius 2 is 1.33 bits per heavy atom. The zero-order valence-electron chi connectivity index (χ0n) is 42.5. The maximum Gasteiger partial charge on any atom is 0.0155 e. The van der Waals surface area contributed by atoms with Crippen LogP contribution in [-0.2, 0) is 18.3 Å². The molecule has 0 nitrogen and oxygen atoms in total. The molecule has 0 radical (unpaired) electrons. The van der Waals surface area contributed by atoms with E-state index in [2.05, 4.69) is 261 Å². The van der Waals surface area contributed by atoms with E-state index < -0.39 is 0 Å². The normalized spacial score (nSPS) is 15.3. The molecule has 0 fully saturated rings. The maximum atomic E-state index is 4.05. The topological polar surface area (TPSA) is 0 Å². The van der Waals surface area contributed by atoms with Crippen LogP contribution in [0.3, 0.4) is 0 Å². The fourth-order valence-electron chi connectivity index (χ4n) is 10.7. The van der Waals surface area contributed by atoms with Gasteiger partial charge in [0.2, 0.25) is 0 Å². The predicted octanol–water partition coefficient (Wildman–Crippen LogP) is 18.7. The van der Waals surface area contributed by atoms with Crippen LogP contribution in [-0.4, -0.2) is 0 Å². The first-order valence-corrected chi connectivity index (χ1v) is 25.4. The van der Waals surface area contributed by atoms with Crippen molar-refractivity contribution in [1.82, 2.24) is 0 Å². The number of allylic oxidation sites excluding steroid dienone is 9. The van der Waals surface area contributed by atoms with Crippen LogP contribution in [0.5, 0.6) is 0 Å². The highest BCUT2D eigenvalue weighted by molar-refractivity contribution is 5.73. The average molecular weight is 901 g/mol. The third-order valence-corrected chi connectivity index (χ3v) is 15.0. The molecule has 0 saturated heterocycles. The van der Waals surface area contributed by atoms with Crippen molar-refractivity contribution in [2.45, 2.75) is 104 Å². The van der Waals surface area contributed by atoms with Gasteiger partial charge in [-0.1, -0.05) is 251 Å². The summed E-state index contributed by atoms with van der Waals surface area (Å²) in [6.45, 7) is 22.2. The third-order valence-electron chi connectivity index (χ3n) is 15.0. The summed E-state index contributed by atoms with van der Waals surface area (Å²) < 4.78 is 0. The predicted molar refractivity (Wildman–Crippen MR) is 299 cm³/mol. The zero-order valence-corrected chi connectivity index (χ0v) is 42.5. The molecule has 4 atom stereocenters. The fourth-order valence-corrected chi connectivity index (χ4v) is 10.7. The molecule has 0 N–H and O–H groups in total. The van der Waals surface area contributed by atoms with Crippen molar-refractivity contribution in [3.63, 3.8) is 0 Å². The van der Waals surface area contributed by atoms with Crippen molar-refractivity contribution in [3.05, 3.63) is 285 Å². The highest BCUT2D eigenvalue weighted by Gasteiger charge is 2.28. The van der Waals surface area contributed by atoms with Crippen molar-refractivity contribution >= 4 is 0 Å².